The number of hydrogen-bond donors (Lipinski definition) is 0. The molecule has 1 amide bonds. The van der Waals surface area contributed by atoms with Gasteiger partial charge in [-0.2, -0.15) is 0 Å². The molecule has 0 aliphatic carbocycles. The number of fused-ring (bicyclic) bond motifs is 1. The van der Waals surface area contributed by atoms with Gasteiger partial charge in [-0.3, -0.25) is 9.59 Å². The van der Waals surface area contributed by atoms with Crippen molar-refractivity contribution in [1.29, 1.82) is 0 Å². The molecular weight excluding hydrogens is 341 g/mol. The molecule has 2 fully saturated rings. The van der Waals surface area contributed by atoms with E-state index in [0.717, 1.165) is 0 Å². The number of carbonyl (C=O) groups excluding carboxylic acids is 3. The number of amides is 1. The lowest BCUT2D eigenvalue weighted by atomic mass is 9.97. The predicted molar refractivity (Wildman–Crippen MR) is 70.5 cm³/mol. The van der Waals surface area contributed by atoms with E-state index in [2.05, 4.69) is 15.9 Å². The van der Waals surface area contributed by atoms with Crippen LogP contribution in [0.2, 0.25) is 0 Å². The van der Waals surface area contributed by atoms with Gasteiger partial charge in [0, 0.05) is 4.75 Å². The van der Waals surface area contributed by atoms with Crippen LogP contribution in [0.5, 0.6) is 0 Å². The number of rotatable bonds is 3. The van der Waals surface area contributed by atoms with Crippen molar-refractivity contribution >= 4 is 45.4 Å². The minimum absolute atomic E-state index is 0.288. The molecule has 0 saturated carbocycles. The van der Waals surface area contributed by atoms with Gasteiger partial charge in [0.1, 0.15) is 18.0 Å². The maximum atomic E-state index is 13.9. The minimum atomic E-state index is -2.12. The number of Topliss-reactive ketones (excluding diaryl/α,β-unsaturated/α-hetero) is 1. The summed E-state index contributed by atoms with van der Waals surface area (Å²) in [5, 5.41) is -0.745. The number of ether oxygens (including phenoxy) is 1. The Balaban J connectivity index is 2.18. The fraction of sp³-hybridized carbons (Fsp3) is 0.727. The van der Waals surface area contributed by atoms with E-state index in [9.17, 15) is 18.8 Å². The third-order valence-electron chi connectivity index (χ3n) is 3.08. The molecular formula is C11H13BrFNO4S. The average Bonchev–Trinajstić information content (AvgIpc) is 2.56. The molecule has 0 aromatic carbocycles. The van der Waals surface area contributed by atoms with Gasteiger partial charge >= 0.3 is 5.97 Å². The second kappa shape index (κ2) is 4.44. The maximum absolute atomic E-state index is 13.9. The van der Waals surface area contributed by atoms with Gasteiger partial charge in [0.25, 0.3) is 10.5 Å². The average molecular weight is 354 g/mol. The summed E-state index contributed by atoms with van der Waals surface area (Å²) in [4.78, 5) is 35.7. The Labute approximate surface area is 122 Å². The molecule has 1 unspecified atom stereocenters. The van der Waals surface area contributed by atoms with E-state index in [4.69, 9.17) is 4.74 Å². The van der Waals surface area contributed by atoms with Crippen LogP contribution in [0, 0.1) is 0 Å². The Morgan fingerprint density at radius 2 is 2.11 bits per heavy atom. The van der Waals surface area contributed by atoms with Crippen LogP contribution in [0.1, 0.15) is 20.8 Å². The predicted octanol–water partition coefficient (Wildman–Crippen LogP) is 1.24. The molecule has 5 nitrogen and oxygen atoms in total. The van der Waals surface area contributed by atoms with Gasteiger partial charge in [-0.15, -0.1) is 11.8 Å². The first-order valence-corrected chi connectivity index (χ1v) is 7.31. The fourth-order valence-corrected chi connectivity index (χ4v) is 4.41. The molecule has 0 spiro atoms. The molecule has 2 aliphatic rings. The molecule has 8 heteroatoms. The highest BCUT2D eigenvalue weighted by molar-refractivity contribution is 9.10. The largest absolute Gasteiger partial charge is 0.456 e. The lowest BCUT2D eigenvalue weighted by molar-refractivity contribution is -0.170. The van der Waals surface area contributed by atoms with Gasteiger partial charge in [-0.05, 0) is 36.7 Å². The van der Waals surface area contributed by atoms with Crippen LogP contribution in [0.3, 0.4) is 0 Å². The number of halogens is 2. The number of carbonyl (C=O) groups is 3. The van der Waals surface area contributed by atoms with Crippen molar-refractivity contribution in [3.05, 3.63) is 0 Å². The van der Waals surface area contributed by atoms with Crippen molar-refractivity contribution in [2.75, 3.05) is 6.61 Å². The van der Waals surface area contributed by atoms with Gasteiger partial charge in [0.15, 0.2) is 5.78 Å². The van der Waals surface area contributed by atoms with E-state index >= 15 is 0 Å². The van der Waals surface area contributed by atoms with Crippen LogP contribution in [0.15, 0.2) is 0 Å². The lowest BCUT2D eigenvalue weighted by Crippen LogP contribution is -2.69. The van der Waals surface area contributed by atoms with E-state index in [0.29, 0.717) is 0 Å². The maximum Gasteiger partial charge on any atom is 0.330 e. The summed E-state index contributed by atoms with van der Waals surface area (Å²) >= 11 is 3.94. The van der Waals surface area contributed by atoms with Crippen LogP contribution >= 0.6 is 27.7 Å². The third-order valence-corrected chi connectivity index (χ3v) is 5.76. The van der Waals surface area contributed by atoms with Crippen molar-refractivity contribution in [3.63, 3.8) is 0 Å². The number of β-lactam (4-membered cyclic amide) rings is 1. The zero-order chi connectivity index (χ0) is 14.6. The smallest absolute Gasteiger partial charge is 0.330 e. The van der Waals surface area contributed by atoms with Crippen LogP contribution < -0.4 is 0 Å². The van der Waals surface area contributed by atoms with Gasteiger partial charge in [0.2, 0.25) is 0 Å². The topological polar surface area (TPSA) is 63.7 Å². The van der Waals surface area contributed by atoms with Crippen LogP contribution in [-0.4, -0.2) is 49.9 Å². The lowest BCUT2D eigenvalue weighted by Gasteiger charge is -2.44. The molecule has 0 aromatic heterocycles. The molecule has 3 atom stereocenters. The molecule has 0 aromatic rings. The normalized spacial score (nSPS) is 35.6. The molecule has 2 rings (SSSR count). The van der Waals surface area contributed by atoms with Gasteiger partial charge in [-0.1, -0.05) is 0 Å². The number of thioether (sulfide) groups is 1. The van der Waals surface area contributed by atoms with Gasteiger partial charge < -0.3 is 9.64 Å². The molecule has 0 radical (unpaired) electrons. The van der Waals surface area contributed by atoms with Crippen molar-refractivity contribution in [2.45, 2.75) is 41.5 Å². The minimum Gasteiger partial charge on any atom is -0.456 e. The number of esters is 1. The number of nitrogens with zero attached hydrogens (tertiary/aromatic N) is 1. The first kappa shape index (κ1) is 14.8. The SMILES string of the molecule is CC(=O)COC(=O)[C@@H]1N2C(=O)C(F)(Br)[C@H]2SC1(C)C. The second-order valence-corrected chi connectivity index (χ2v) is 8.01. The number of hydrogen-bond acceptors (Lipinski definition) is 5. The second-order valence-electron chi connectivity index (χ2n) is 5.12. The standard InChI is InChI=1S/C11H13BrFNO4S/c1-5(15)4-18-7(16)6-10(2,3)19-9-11(12,13)8(17)14(6)9/h6,9H,4H2,1-3H3/t6-,9+,11?/m0/s1. The fourth-order valence-electron chi connectivity index (χ4n) is 2.21. The molecule has 106 valence electrons. The van der Waals surface area contributed by atoms with Crippen molar-refractivity contribution < 1.29 is 23.5 Å². The molecule has 2 aliphatic heterocycles. The first-order chi connectivity index (χ1) is 8.59. The van der Waals surface area contributed by atoms with E-state index in [1.54, 1.807) is 13.8 Å². The molecule has 0 N–H and O–H groups in total. The van der Waals surface area contributed by atoms with Gasteiger partial charge in [0.05, 0.1) is 0 Å². The summed E-state index contributed by atoms with van der Waals surface area (Å²) < 4.78 is 16.0. The first-order valence-electron chi connectivity index (χ1n) is 5.63. The zero-order valence-electron chi connectivity index (χ0n) is 10.6. The van der Waals surface area contributed by atoms with E-state index in [-0.39, 0.29) is 12.4 Å². The third kappa shape index (κ3) is 2.18. The Hall–Kier alpha value is -0.630. The highest BCUT2D eigenvalue weighted by Crippen LogP contribution is 2.58. The Morgan fingerprint density at radius 3 is 2.63 bits per heavy atom. The van der Waals surface area contributed by atoms with Gasteiger partial charge in [-0.25, -0.2) is 9.18 Å². The summed E-state index contributed by atoms with van der Waals surface area (Å²) in [5.74, 6) is -1.74. The monoisotopic (exact) mass is 353 g/mol. The molecule has 19 heavy (non-hydrogen) atoms. The molecule has 2 saturated heterocycles. The summed E-state index contributed by atoms with van der Waals surface area (Å²) in [6.07, 6.45) is 0. The highest BCUT2D eigenvalue weighted by atomic mass is 79.9. The summed E-state index contributed by atoms with van der Waals surface area (Å²) in [5.41, 5.74) is 0. The van der Waals surface area contributed by atoms with Crippen LogP contribution in [-0.2, 0) is 19.1 Å². The Bertz CT molecular complexity index is 468. The Kier molecular flexibility index (Phi) is 3.45. The quantitative estimate of drug-likeness (QED) is 0.434. The van der Waals surface area contributed by atoms with Crippen molar-refractivity contribution in [3.8, 4) is 0 Å². The van der Waals surface area contributed by atoms with Crippen LogP contribution in [0.4, 0.5) is 4.39 Å². The summed E-state index contributed by atoms with van der Waals surface area (Å²) in [7, 11) is 0. The van der Waals surface area contributed by atoms with Crippen molar-refractivity contribution in [2.24, 2.45) is 0 Å². The number of alkyl halides is 2. The van der Waals surface area contributed by atoms with Crippen molar-refractivity contribution in [1.82, 2.24) is 4.90 Å². The highest BCUT2D eigenvalue weighted by Gasteiger charge is 2.72. The number of ketones is 1. The molecule has 0 bridgehead atoms. The van der Waals surface area contributed by atoms with E-state index < -0.39 is 32.6 Å². The summed E-state index contributed by atoms with van der Waals surface area (Å²) in [6.45, 7) is 4.44. The Morgan fingerprint density at radius 1 is 1.53 bits per heavy atom. The van der Waals surface area contributed by atoms with Crippen LogP contribution in [0.25, 0.3) is 0 Å². The zero-order valence-corrected chi connectivity index (χ0v) is 13.0. The van der Waals surface area contributed by atoms with E-state index in [1.165, 1.54) is 23.6 Å². The van der Waals surface area contributed by atoms with E-state index in [1.807, 2.05) is 0 Å². The summed E-state index contributed by atoms with van der Waals surface area (Å²) in [6, 6.07) is -0.879. The molecule has 2 heterocycles.